The molecule has 16 aromatic carbocycles. The van der Waals surface area contributed by atoms with Crippen molar-refractivity contribution < 1.29 is 8.83 Å². The summed E-state index contributed by atoms with van der Waals surface area (Å²) in [4.78, 5) is 23.6. The van der Waals surface area contributed by atoms with Crippen LogP contribution in [0.2, 0.25) is 5.28 Å². The first kappa shape index (κ1) is 64.3. The molecule has 1 N–H and O–H groups in total. The van der Waals surface area contributed by atoms with Crippen molar-refractivity contribution in [2.24, 2.45) is 0 Å². The van der Waals surface area contributed by atoms with E-state index in [0.717, 1.165) is 111 Å². The number of benzene rings is 16. The minimum absolute atomic E-state index is 0.165. The van der Waals surface area contributed by atoms with E-state index in [4.69, 9.17) is 30.4 Å². The number of halogens is 1. The molecule has 8 heterocycles. The maximum absolute atomic E-state index is 6.65. The number of fused-ring (bicyclic) bond motifs is 26. The van der Waals surface area contributed by atoms with Crippen LogP contribution in [0.25, 0.3) is 223 Å². The van der Waals surface area contributed by atoms with Crippen molar-refractivity contribution in [2.75, 3.05) is 0 Å². The minimum atomic E-state index is 0.165. The number of nitrogens with one attached hydrogen (secondary N) is 1. The van der Waals surface area contributed by atoms with Crippen molar-refractivity contribution >= 4 is 184 Å². The summed E-state index contributed by atoms with van der Waals surface area (Å²) in [5.41, 5.74) is 19.8. The molecule has 111 heavy (non-hydrogen) atoms. The summed E-state index contributed by atoms with van der Waals surface area (Å²) >= 11 is 10.1. The predicted octanol–water partition coefficient (Wildman–Crippen LogP) is 28.9. The van der Waals surface area contributed by atoms with Crippen LogP contribution in [0, 0.1) is 0 Å². The summed E-state index contributed by atoms with van der Waals surface area (Å²) in [6, 6.07) is 124. The van der Waals surface area contributed by atoms with Crippen molar-refractivity contribution in [3.05, 3.63) is 357 Å². The first-order valence-electron chi connectivity index (χ1n) is 37.0. The van der Waals surface area contributed by atoms with E-state index in [1.165, 1.54) is 94.5 Å². The Balaban J connectivity index is 0.000000114. The highest BCUT2D eigenvalue weighted by molar-refractivity contribution is 7.27. The van der Waals surface area contributed by atoms with Gasteiger partial charge in [-0.05, 0) is 129 Å². The number of H-pyrrole nitrogens is 1. The standard InChI is InChI=1S/C50H29N3OS.C28H17ClN2O.C22H13NS/c1-3-15-30(16-4-1)32-27-33(31-17-5-2-6-18-31)29-34(28-32)46-45-38-22-10-13-25-41(38)54-49(45)52-50(51-46)53-40-24-12-9-21-37(40)43-44-39-23-11-14-26-42(39)55-48(44)36-20-8-7-19-35(36)47(43)53;29-28-30-26(25-23-13-7-8-14-24(23)32-27(25)31-28)22-16-20(18-9-3-1-4-10-18)15-21(17-22)19-11-5-2-6-12-19;1-2-8-14-13(7-1)21-19(15-9-3-5-11-17(15)23-21)20-16-10-4-6-12-18(16)24-22(14)20/h1-29H;1-17H;1-12,23H. The van der Waals surface area contributed by atoms with Crippen molar-refractivity contribution in [3.63, 3.8) is 0 Å². The topological polar surface area (TPSA) is 98.6 Å². The van der Waals surface area contributed by atoms with E-state index in [-0.39, 0.29) is 5.28 Å². The second-order valence-corrected chi connectivity index (χ2v) is 30.5. The molecule has 0 aliphatic rings. The van der Waals surface area contributed by atoms with E-state index >= 15 is 0 Å². The van der Waals surface area contributed by atoms with Gasteiger partial charge in [-0.3, -0.25) is 4.57 Å². The zero-order chi connectivity index (χ0) is 73.2. The summed E-state index contributed by atoms with van der Waals surface area (Å²) in [6.07, 6.45) is 0. The third-order valence-electron chi connectivity index (χ3n) is 21.6. The Morgan fingerprint density at radius 1 is 0.279 bits per heavy atom. The van der Waals surface area contributed by atoms with Crippen LogP contribution in [0.15, 0.2) is 361 Å². The molecule has 0 aliphatic heterocycles. The number of hydrogen-bond acceptors (Lipinski definition) is 8. The lowest BCUT2D eigenvalue weighted by Crippen LogP contribution is -2.03. The second kappa shape index (κ2) is 26.2. The van der Waals surface area contributed by atoms with E-state index in [1.807, 2.05) is 95.5 Å². The monoisotopic (exact) mass is 1470 g/mol. The number of rotatable bonds is 7. The van der Waals surface area contributed by atoms with Crippen LogP contribution >= 0.6 is 34.3 Å². The van der Waals surface area contributed by atoms with Crippen molar-refractivity contribution in [1.29, 1.82) is 0 Å². The Bertz CT molecular complexity index is 7630. The van der Waals surface area contributed by atoms with E-state index in [1.54, 1.807) is 0 Å². The molecule has 0 spiro atoms. The van der Waals surface area contributed by atoms with Gasteiger partial charge in [-0.25, -0.2) is 9.97 Å². The number of para-hydroxylation sites is 4. The van der Waals surface area contributed by atoms with Gasteiger partial charge in [0.1, 0.15) is 11.2 Å². The maximum atomic E-state index is 6.65. The molecule has 24 aromatic rings. The molecule has 8 nitrogen and oxygen atoms in total. The Kier molecular flexibility index (Phi) is 15.2. The first-order chi connectivity index (χ1) is 55.0. The highest BCUT2D eigenvalue weighted by Crippen LogP contribution is 2.51. The summed E-state index contributed by atoms with van der Waals surface area (Å²) in [5, 5.41) is 19.3. The normalized spacial score (nSPS) is 11.8. The van der Waals surface area contributed by atoms with Crippen LogP contribution in [0.3, 0.4) is 0 Å². The van der Waals surface area contributed by atoms with Gasteiger partial charge in [0.25, 0.3) is 0 Å². The molecule has 8 aromatic heterocycles. The van der Waals surface area contributed by atoms with Gasteiger partial charge < -0.3 is 13.8 Å². The molecule has 24 rings (SSSR count). The van der Waals surface area contributed by atoms with Crippen LogP contribution in [0.4, 0.5) is 0 Å². The lowest BCUT2D eigenvalue weighted by molar-refractivity contribution is 0.651. The zero-order valence-electron chi connectivity index (χ0n) is 59.2. The molecule has 520 valence electrons. The summed E-state index contributed by atoms with van der Waals surface area (Å²) in [5.74, 6) is 0.572. The average Bonchev–Trinajstić information content (AvgIpc) is 1.55. The van der Waals surface area contributed by atoms with E-state index < -0.39 is 0 Å². The molecule has 0 atom stereocenters. The SMILES string of the molecule is Clc1nc(-c2cc(-c3ccccc3)cc(-c3ccccc3)c2)c2c(n1)oc1ccccc12.c1ccc(-c2cc(-c3ccccc3)cc(-c3nc(-n4c5ccccc5c5c6c7ccccc7sc6c6ccccc6c54)nc4oc5ccccc5c34)c2)cc1.c1ccc2c(c1)[nH]c1c3ccccc3c3sc4ccccc4c3c21. The van der Waals surface area contributed by atoms with Crippen LogP contribution < -0.4 is 0 Å². The molecule has 0 saturated heterocycles. The Morgan fingerprint density at radius 3 is 1.18 bits per heavy atom. The van der Waals surface area contributed by atoms with Crippen LogP contribution in [0.5, 0.6) is 0 Å². The predicted molar refractivity (Wildman–Crippen MR) is 467 cm³/mol. The Labute approximate surface area is 647 Å². The number of furan rings is 2. The second-order valence-electron chi connectivity index (χ2n) is 28.0. The number of thiophene rings is 2. The van der Waals surface area contributed by atoms with Gasteiger partial charge in [-0.2, -0.15) is 9.97 Å². The molecule has 0 aliphatic carbocycles. The molecular weight excluding hydrogens is 1420 g/mol. The van der Waals surface area contributed by atoms with Gasteiger partial charge in [0.2, 0.25) is 22.7 Å². The average molecular weight is 1480 g/mol. The fraction of sp³-hybridized carbons (Fsp3) is 0. The van der Waals surface area contributed by atoms with Gasteiger partial charge in [-0.1, -0.05) is 279 Å². The molecule has 0 bridgehead atoms. The number of aromatic nitrogens is 6. The number of nitrogens with zero attached hydrogens (tertiary/aromatic N) is 5. The third-order valence-corrected chi connectivity index (χ3v) is 24.2. The van der Waals surface area contributed by atoms with Crippen molar-refractivity contribution in [2.45, 2.75) is 0 Å². The lowest BCUT2D eigenvalue weighted by Gasteiger charge is -2.14. The molecular formula is C100H59ClN6O2S2. The molecule has 0 radical (unpaired) electrons. The van der Waals surface area contributed by atoms with Crippen LogP contribution in [0.1, 0.15) is 0 Å². The minimum Gasteiger partial charge on any atom is -0.438 e. The first-order valence-corrected chi connectivity index (χ1v) is 39.0. The quantitative estimate of drug-likeness (QED) is 0.160. The zero-order valence-corrected chi connectivity index (χ0v) is 61.6. The summed E-state index contributed by atoms with van der Waals surface area (Å²) in [7, 11) is 0. The molecule has 0 amide bonds. The largest absolute Gasteiger partial charge is 0.438 e. The van der Waals surface area contributed by atoms with Crippen molar-refractivity contribution in [3.8, 4) is 73.0 Å². The van der Waals surface area contributed by atoms with Gasteiger partial charge in [0, 0.05) is 111 Å². The van der Waals surface area contributed by atoms with Gasteiger partial charge >= 0.3 is 0 Å². The van der Waals surface area contributed by atoms with Gasteiger partial charge in [0.15, 0.2) is 0 Å². The maximum Gasteiger partial charge on any atom is 0.238 e. The van der Waals surface area contributed by atoms with E-state index in [9.17, 15) is 0 Å². The van der Waals surface area contributed by atoms with Crippen molar-refractivity contribution in [1.82, 2.24) is 29.5 Å². The highest BCUT2D eigenvalue weighted by Gasteiger charge is 2.27. The molecule has 0 fully saturated rings. The number of hydrogen-bond donors (Lipinski definition) is 1. The fourth-order valence-corrected chi connectivity index (χ4v) is 19.4. The summed E-state index contributed by atoms with van der Waals surface area (Å²) < 4.78 is 20.2. The van der Waals surface area contributed by atoms with Crippen LogP contribution in [-0.2, 0) is 0 Å². The molecule has 0 saturated carbocycles. The molecule has 0 unspecified atom stereocenters. The third kappa shape index (κ3) is 10.7. The van der Waals surface area contributed by atoms with E-state index in [2.05, 4.69) is 299 Å². The Hall–Kier alpha value is -13.9. The van der Waals surface area contributed by atoms with Gasteiger partial charge in [-0.15, -0.1) is 22.7 Å². The Morgan fingerprint density at radius 2 is 0.658 bits per heavy atom. The lowest BCUT2D eigenvalue weighted by atomic mass is 9.94. The highest BCUT2D eigenvalue weighted by atomic mass is 35.5. The smallest absolute Gasteiger partial charge is 0.238 e. The molecule has 11 heteroatoms. The van der Waals surface area contributed by atoms with Crippen LogP contribution in [-0.4, -0.2) is 29.5 Å². The summed E-state index contributed by atoms with van der Waals surface area (Å²) in [6.45, 7) is 0. The fourth-order valence-electron chi connectivity index (χ4n) is 16.8. The number of aromatic amines is 1. The van der Waals surface area contributed by atoms with E-state index in [0.29, 0.717) is 17.4 Å². The van der Waals surface area contributed by atoms with Gasteiger partial charge in [0.05, 0.1) is 38.7 Å².